The molecule has 0 bridgehead atoms. The highest BCUT2D eigenvalue weighted by Crippen LogP contribution is 2.37. The van der Waals surface area contributed by atoms with Gasteiger partial charge in [0.25, 0.3) is 0 Å². The average Bonchev–Trinajstić information content (AvgIpc) is 2.30. The Morgan fingerprint density at radius 2 is 1.44 bits per heavy atom. The maximum Gasteiger partial charge on any atom is 0.196 e. The largest absolute Gasteiger partial charge is 0.508 e. The van der Waals surface area contributed by atoms with Gasteiger partial charge in [0.2, 0.25) is 0 Å². The van der Waals surface area contributed by atoms with Gasteiger partial charge < -0.3 is 15.3 Å². The van der Waals surface area contributed by atoms with E-state index in [0.29, 0.717) is 5.56 Å². The molecule has 0 fully saturated rings. The van der Waals surface area contributed by atoms with Gasteiger partial charge >= 0.3 is 0 Å². The van der Waals surface area contributed by atoms with Gasteiger partial charge in [-0.1, -0.05) is 12.1 Å². The molecule has 94 valence electrons. The van der Waals surface area contributed by atoms with Gasteiger partial charge in [-0.3, -0.25) is 0 Å². The number of hydrogen-bond acceptors (Lipinski definition) is 3. The molecule has 4 heteroatoms. The zero-order chi connectivity index (χ0) is 13.3. The molecule has 3 nitrogen and oxygen atoms in total. The minimum atomic E-state index is -0.0977. The van der Waals surface area contributed by atoms with Crippen LogP contribution < -0.4 is 0 Å². The van der Waals surface area contributed by atoms with E-state index in [9.17, 15) is 15.3 Å². The lowest BCUT2D eigenvalue weighted by molar-refractivity contribution is 0.442. The van der Waals surface area contributed by atoms with E-state index < -0.39 is 0 Å². The second kappa shape index (κ2) is 4.82. The van der Waals surface area contributed by atoms with E-state index in [1.807, 2.05) is 12.5 Å². The van der Waals surface area contributed by atoms with Crippen molar-refractivity contribution in [3.05, 3.63) is 36.4 Å². The summed E-state index contributed by atoms with van der Waals surface area (Å²) in [5.74, 6) is 0.332. The van der Waals surface area contributed by atoms with Crippen molar-refractivity contribution < 1.29 is 15.3 Å². The highest BCUT2D eigenvalue weighted by atomic mass is 32.2. The standard InChI is InChI=1S/C14H14O3S/c1-18(2)14-7-11(12(16)8-13(14)17)9-3-5-10(15)6-4-9/h3-8H,1-2H3,(H2-,15,16,17)/p+1. The van der Waals surface area contributed by atoms with Gasteiger partial charge in [-0.2, -0.15) is 0 Å². The van der Waals surface area contributed by atoms with Gasteiger partial charge in [-0.05, 0) is 17.7 Å². The fraction of sp³-hybridized carbons (Fsp3) is 0.143. The summed E-state index contributed by atoms with van der Waals surface area (Å²) in [5.41, 5.74) is 1.46. The Morgan fingerprint density at radius 1 is 0.833 bits per heavy atom. The molecule has 0 aliphatic rings. The lowest BCUT2D eigenvalue weighted by Gasteiger charge is -2.08. The van der Waals surface area contributed by atoms with Crippen LogP contribution in [0.2, 0.25) is 0 Å². The molecule has 18 heavy (non-hydrogen) atoms. The number of hydrogen-bond donors (Lipinski definition) is 3. The molecule has 0 heterocycles. The molecule has 0 saturated carbocycles. The van der Waals surface area contributed by atoms with Crippen molar-refractivity contribution in [2.75, 3.05) is 12.5 Å². The van der Waals surface area contributed by atoms with E-state index >= 15 is 0 Å². The van der Waals surface area contributed by atoms with Crippen molar-refractivity contribution in [2.45, 2.75) is 4.90 Å². The fourth-order valence-electron chi connectivity index (χ4n) is 1.76. The van der Waals surface area contributed by atoms with Crippen LogP contribution in [0, 0.1) is 0 Å². The van der Waals surface area contributed by atoms with Crippen LogP contribution in [0.1, 0.15) is 0 Å². The van der Waals surface area contributed by atoms with Crippen molar-refractivity contribution in [1.82, 2.24) is 0 Å². The predicted octanol–water partition coefficient (Wildman–Crippen LogP) is 2.71. The zero-order valence-electron chi connectivity index (χ0n) is 10.2. The smallest absolute Gasteiger partial charge is 0.196 e. The molecule has 0 aromatic heterocycles. The maximum atomic E-state index is 9.90. The number of phenols is 3. The lowest BCUT2D eigenvalue weighted by Crippen LogP contribution is -1.96. The Labute approximate surface area is 109 Å². The normalized spacial score (nSPS) is 10.8. The Morgan fingerprint density at radius 3 is 2.00 bits per heavy atom. The van der Waals surface area contributed by atoms with Crippen molar-refractivity contribution in [1.29, 1.82) is 0 Å². The molecule has 0 radical (unpaired) electrons. The van der Waals surface area contributed by atoms with Crippen molar-refractivity contribution >= 4 is 10.9 Å². The van der Waals surface area contributed by atoms with Crippen LogP contribution in [0.15, 0.2) is 41.3 Å². The molecule has 0 aliphatic heterocycles. The summed E-state index contributed by atoms with van der Waals surface area (Å²) in [6.07, 6.45) is 4.01. The van der Waals surface area contributed by atoms with E-state index in [0.717, 1.165) is 10.5 Å². The number of aromatic hydroxyl groups is 3. The van der Waals surface area contributed by atoms with Crippen LogP contribution in [0.5, 0.6) is 17.2 Å². The molecule has 0 amide bonds. The SMILES string of the molecule is C[S+](C)c1cc(-c2ccc(O)cc2)c(O)cc1O. The van der Waals surface area contributed by atoms with Gasteiger partial charge in [0.05, 0.1) is 0 Å². The second-order valence-electron chi connectivity index (χ2n) is 4.20. The molecular formula is C14H15O3S+. The highest BCUT2D eigenvalue weighted by molar-refractivity contribution is 7.95. The monoisotopic (exact) mass is 263 g/mol. The average molecular weight is 263 g/mol. The van der Waals surface area contributed by atoms with Crippen LogP contribution in [0.4, 0.5) is 0 Å². The third-order valence-corrected chi connectivity index (χ3v) is 3.90. The first-order chi connectivity index (χ1) is 8.49. The summed E-state index contributed by atoms with van der Waals surface area (Å²) in [4.78, 5) is 0.816. The van der Waals surface area contributed by atoms with Gasteiger partial charge in [-0.25, -0.2) is 0 Å². The predicted molar refractivity (Wildman–Crippen MR) is 74.4 cm³/mol. The van der Waals surface area contributed by atoms with E-state index in [1.54, 1.807) is 30.3 Å². The molecule has 0 spiro atoms. The first kappa shape index (κ1) is 12.6. The Bertz CT molecular complexity index is 562. The van der Waals surface area contributed by atoms with Crippen molar-refractivity contribution in [2.24, 2.45) is 0 Å². The minimum Gasteiger partial charge on any atom is -0.508 e. The van der Waals surface area contributed by atoms with E-state index in [4.69, 9.17) is 0 Å². The molecule has 3 N–H and O–H groups in total. The van der Waals surface area contributed by atoms with Crippen LogP contribution >= 0.6 is 0 Å². The second-order valence-corrected chi connectivity index (χ2v) is 6.27. The molecule has 0 saturated heterocycles. The molecule has 0 aliphatic carbocycles. The van der Waals surface area contributed by atoms with E-state index in [-0.39, 0.29) is 28.1 Å². The number of rotatable bonds is 2. The van der Waals surface area contributed by atoms with E-state index in [2.05, 4.69) is 0 Å². The Balaban J connectivity index is 2.57. The molecule has 2 aromatic carbocycles. The fourth-order valence-corrected chi connectivity index (χ4v) is 2.59. The zero-order valence-corrected chi connectivity index (χ0v) is 11.0. The van der Waals surface area contributed by atoms with Gasteiger partial charge in [0, 0.05) is 28.6 Å². The Hall–Kier alpha value is -1.81. The Kier molecular flexibility index (Phi) is 3.39. The summed E-state index contributed by atoms with van der Waals surface area (Å²) in [6, 6.07) is 9.76. The van der Waals surface area contributed by atoms with Crippen LogP contribution in [0.25, 0.3) is 11.1 Å². The maximum absolute atomic E-state index is 9.90. The third-order valence-electron chi connectivity index (χ3n) is 2.70. The topological polar surface area (TPSA) is 60.7 Å². The quantitative estimate of drug-likeness (QED) is 0.730. The van der Waals surface area contributed by atoms with Gasteiger partial charge in [-0.15, -0.1) is 0 Å². The summed E-state index contributed by atoms with van der Waals surface area (Å²) < 4.78 is 0. The molecule has 0 unspecified atom stereocenters. The summed E-state index contributed by atoms with van der Waals surface area (Å²) in [5, 5.41) is 28.9. The first-order valence-electron chi connectivity index (χ1n) is 5.42. The van der Waals surface area contributed by atoms with E-state index in [1.165, 1.54) is 6.07 Å². The van der Waals surface area contributed by atoms with Crippen LogP contribution in [-0.2, 0) is 10.9 Å². The highest BCUT2D eigenvalue weighted by Gasteiger charge is 2.19. The van der Waals surface area contributed by atoms with Crippen LogP contribution in [-0.4, -0.2) is 27.8 Å². The number of phenolic OH excluding ortho intramolecular Hbond substituents is 3. The molecule has 0 atom stereocenters. The molecule has 2 aromatic rings. The van der Waals surface area contributed by atoms with Crippen molar-refractivity contribution in [3.63, 3.8) is 0 Å². The summed E-state index contributed by atoms with van der Waals surface area (Å²) >= 11 is 0. The molecular weight excluding hydrogens is 248 g/mol. The number of benzene rings is 2. The van der Waals surface area contributed by atoms with Crippen molar-refractivity contribution in [3.8, 4) is 28.4 Å². The summed E-state index contributed by atoms with van der Waals surface area (Å²) in [6.45, 7) is 0. The van der Waals surface area contributed by atoms with Gasteiger partial charge in [0.15, 0.2) is 10.6 Å². The van der Waals surface area contributed by atoms with Crippen LogP contribution in [0.3, 0.4) is 0 Å². The minimum absolute atomic E-state index is 0.0346. The third kappa shape index (κ3) is 2.38. The lowest BCUT2D eigenvalue weighted by atomic mass is 10.0. The molecule has 2 rings (SSSR count). The van der Waals surface area contributed by atoms with Gasteiger partial charge in [0.1, 0.15) is 24.0 Å². The first-order valence-corrected chi connectivity index (χ1v) is 7.46. The summed E-state index contributed by atoms with van der Waals surface area (Å²) in [7, 11) is -0.0977.